The maximum absolute atomic E-state index is 12.5. The van der Waals surface area contributed by atoms with Crippen LogP contribution in [0.3, 0.4) is 0 Å². The number of likely N-dealkylation sites (N-methyl/N-ethyl adjacent to an activating group) is 1. The van der Waals surface area contributed by atoms with E-state index in [-0.39, 0.29) is 29.3 Å². The number of para-hydroxylation sites is 1. The molecule has 1 fully saturated rings. The van der Waals surface area contributed by atoms with Gasteiger partial charge in [-0.3, -0.25) is 4.79 Å². The van der Waals surface area contributed by atoms with Crippen molar-refractivity contribution in [1.82, 2.24) is 4.90 Å². The molecule has 1 aliphatic carbocycles. The molecule has 2 unspecified atom stereocenters. The molecule has 4 nitrogen and oxygen atoms in total. The summed E-state index contributed by atoms with van der Waals surface area (Å²) in [6.07, 6.45) is 3.79. The number of ether oxygens (including phenoxy) is 1. The van der Waals surface area contributed by atoms with Crippen LogP contribution in [-0.2, 0) is 0 Å². The summed E-state index contributed by atoms with van der Waals surface area (Å²) in [6.45, 7) is -2.96. The van der Waals surface area contributed by atoms with Gasteiger partial charge in [0.05, 0.1) is 5.56 Å². The Hall–Kier alpha value is -1.69. The highest BCUT2D eigenvalue weighted by Crippen LogP contribution is 2.26. The first kappa shape index (κ1) is 15.7. The van der Waals surface area contributed by atoms with E-state index < -0.39 is 6.61 Å². The Kier molecular flexibility index (Phi) is 5.12. The number of hydrogen-bond acceptors (Lipinski definition) is 3. The van der Waals surface area contributed by atoms with Crippen LogP contribution in [0, 0.1) is 0 Å². The number of alkyl halides is 2. The van der Waals surface area contributed by atoms with Crippen LogP contribution in [0.1, 0.15) is 36.0 Å². The molecule has 1 amide bonds. The van der Waals surface area contributed by atoms with Crippen molar-refractivity contribution < 1.29 is 18.3 Å². The summed E-state index contributed by atoms with van der Waals surface area (Å²) in [6, 6.07) is 5.90. The molecule has 2 rings (SSSR count). The monoisotopic (exact) mass is 298 g/mol. The number of nitrogens with two attached hydrogens (primary N) is 1. The van der Waals surface area contributed by atoms with Crippen LogP contribution in [-0.4, -0.2) is 36.5 Å². The van der Waals surface area contributed by atoms with Gasteiger partial charge in [-0.1, -0.05) is 25.0 Å². The number of nitrogens with zero attached hydrogens (tertiary/aromatic N) is 1. The number of benzene rings is 1. The molecule has 21 heavy (non-hydrogen) atoms. The fourth-order valence-electron chi connectivity index (χ4n) is 2.80. The van der Waals surface area contributed by atoms with Crippen molar-refractivity contribution in [1.29, 1.82) is 0 Å². The van der Waals surface area contributed by atoms with Crippen LogP contribution in [0.2, 0.25) is 0 Å². The van der Waals surface area contributed by atoms with Gasteiger partial charge in [-0.05, 0) is 25.0 Å². The van der Waals surface area contributed by atoms with E-state index in [9.17, 15) is 13.6 Å². The molecule has 6 heteroatoms. The molecule has 0 aromatic heterocycles. The Morgan fingerprint density at radius 2 is 2.00 bits per heavy atom. The molecule has 0 spiro atoms. The van der Waals surface area contributed by atoms with Crippen LogP contribution in [0.5, 0.6) is 5.75 Å². The van der Waals surface area contributed by atoms with Gasteiger partial charge in [0.25, 0.3) is 5.91 Å². The number of hydrogen-bond donors (Lipinski definition) is 1. The van der Waals surface area contributed by atoms with Gasteiger partial charge >= 0.3 is 6.61 Å². The molecule has 0 aliphatic heterocycles. The standard InChI is InChI=1S/C15H20F2N2O2/c1-19(12-8-4-3-7-11(12)18)14(20)10-6-2-5-9-13(10)21-15(16)17/h2,5-6,9,11-12,15H,3-4,7-8,18H2,1H3. The number of halogens is 2. The zero-order valence-electron chi connectivity index (χ0n) is 12.0. The lowest BCUT2D eigenvalue weighted by atomic mass is 9.90. The van der Waals surface area contributed by atoms with E-state index in [4.69, 9.17) is 5.73 Å². The second-order valence-electron chi connectivity index (χ2n) is 5.31. The van der Waals surface area contributed by atoms with Crippen LogP contribution >= 0.6 is 0 Å². The summed E-state index contributed by atoms with van der Waals surface area (Å²) in [5.74, 6) is -0.442. The summed E-state index contributed by atoms with van der Waals surface area (Å²) >= 11 is 0. The van der Waals surface area contributed by atoms with Crippen molar-refractivity contribution in [2.24, 2.45) is 5.73 Å². The summed E-state index contributed by atoms with van der Waals surface area (Å²) in [4.78, 5) is 14.1. The van der Waals surface area contributed by atoms with Gasteiger partial charge in [0.15, 0.2) is 0 Å². The average molecular weight is 298 g/mol. The third kappa shape index (κ3) is 3.69. The summed E-state index contributed by atoms with van der Waals surface area (Å²) in [5.41, 5.74) is 6.21. The fourth-order valence-corrected chi connectivity index (χ4v) is 2.80. The Bertz CT molecular complexity index is 496. The molecular weight excluding hydrogens is 278 g/mol. The minimum absolute atomic E-state index is 0.0640. The zero-order valence-corrected chi connectivity index (χ0v) is 12.0. The van der Waals surface area contributed by atoms with Crippen LogP contribution in [0.25, 0.3) is 0 Å². The minimum atomic E-state index is -2.96. The topological polar surface area (TPSA) is 55.6 Å². The average Bonchev–Trinajstić information content (AvgIpc) is 2.46. The minimum Gasteiger partial charge on any atom is -0.434 e. The van der Waals surface area contributed by atoms with Gasteiger partial charge < -0.3 is 15.4 Å². The Morgan fingerprint density at radius 1 is 1.33 bits per heavy atom. The molecule has 0 bridgehead atoms. The third-order valence-corrected chi connectivity index (χ3v) is 3.93. The van der Waals surface area contributed by atoms with E-state index in [1.54, 1.807) is 24.1 Å². The van der Waals surface area contributed by atoms with Gasteiger partial charge in [-0.25, -0.2) is 0 Å². The number of rotatable bonds is 4. The Labute approximate surface area is 122 Å². The highest BCUT2D eigenvalue weighted by Gasteiger charge is 2.30. The van der Waals surface area contributed by atoms with Crippen molar-refractivity contribution in [2.45, 2.75) is 44.4 Å². The van der Waals surface area contributed by atoms with E-state index in [0.717, 1.165) is 25.7 Å². The van der Waals surface area contributed by atoms with Gasteiger partial charge in [-0.2, -0.15) is 8.78 Å². The van der Waals surface area contributed by atoms with Crippen molar-refractivity contribution in [3.05, 3.63) is 29.8 Å². The van der Waals surface area contributed by atoms with Crippen molar-refractivity contribution in [3.63, 3.8) is 0 Å². The number of carbonyl (C=O) groups excluding carboxylic acids is 1. The van der Waals surface area contributed by atoms with E-state index in [0.29, 0.717) is 0 Å². The smallest absolute Gasteiger partial charge is 0.387 e. The summed E-state index contributed by atoms with van der Waals surface area (Å²) in [5, 5.41) is 0. The molecule has 0 heterocycles. The molecular formula is C15H20F2N2O2. The van der Waals surface area contributed by atoms with Crippen LogP contribution in [0.4, 0.5) is 8.78 Å². The first-order valence-electron chi connectivity index (χ1n) is 7.07. The first-order chi connectivity index (χ1) is 10.0. The van der Waals surface area contributed by atoms with E-state index in [1.807, 2.05) is 0 Å². The summed E-state index contributed by atoms with van der Waals surface area (Å²) in [7, 11) is 1.66. The lowest BCUT2D eigenvalue weighted by Gasteiger charge is -2.36. The van der Waals surface area contributed by atoms with Gasteiger partial charge in [-0.15, -0.1) is 0 Å². The number of carbonyl (C=O) groups is 1. The summed E-state index contributed by atoms with van der Waals surface area (Å²) < 4.78 is 29.2. The fraction of sp³-hybridized carbons (Fsp3) is 0.533. The second-order valence-corrected chi connectivity index (χ2v) is 5.31. The van der Waals surface area contributed by atoms with Gasteiger partial charge in [0, 0.05) is 19.1 Å². The normalized spacial score (nSPS) is 22.1. The predicted molar refractivity (Wildman–Crippen MR) is 75.4 cm³/mol. The maximum Gasteiger partial charge on any atom is 0.387 e. The molecule has 1 aromatic rings. The molecule has 1 aromatic carbocycles. The molecule has 0 radical (unpaired) electrons. The van der Waals surface area contributed by atoms with Gasteiger partial charge in [0.2, 0.25) is 0 Å². The van der Waals surface area contributed by atoms with E-state index >= 15 is 0 Å². The predicted octanol–water partition coefficient (Wildman–Crippen LogP) is 2.63. The molecule has 1 saturated carbocycles. The quantitative estimate of drug-likeness (QED) is 0.929. The second kappa shape index (κ2) is 6.85. The van der Waals surface area contributed by atoms with Crippen molar-refractivity contribution >= 4 is 5.91 Å². The Balaban J connectivity index is 2.19. The molecule has 1 aliphatic rings. The van der Waals surface area contributed by atoms with Crippen LogP contribution < -0.4 is 10.5 Å². The SMILES string of the molecule is CN(C(=O)c1ccccc1OC(F)F)C1CCCCC1N. The van der Waals surface area contributed by atoms with E-state index in [1.165, 1.54) is 12.1 Å². The number of amides is 1. The highest BCUT2D eigenvalue weighted by molar-refractivity contribution is 5.97. The molecule has 2 atom stereocenters. The zero-order chi connectivity index (χ0) is 15.4. The lowest BCUT2D eigenvalue weighted by molar-refractivity contribution is -0.0503. The molecule has 2 N–H and O–H groups in total. The molecule has 0 saturated heterocycles. The maximum atomic E-state index is 12.5. The third-order valence-electron chi connectivity index (χ3n) is 3.93. The Morgan fingerprint density at radius 3 is 2.67 bits per heavy atom. The largest absolute Gasteiger partial charge is 0.434 e. The lowest BCUT2D eigenvalue weighted by Crippen LogP contribution is -2.50. The first-order valence-corrected chi connectivity index (χ1v) is 7.07. The van der Waals surface area contributed by atoms with Gasteiger partial charge in [0.1, 0.15) is 5.75 Å². The van der Waals surface area contributed by atoms with Crippen molar-refractivity contribution in [2.75, 3.05) is 7.05 Å². The highest BCUT2D eigenvalue weighted by atomic mass is 19.3. The van der Waals surface area contributed by atoms with Crippen LogP contribution in [0.15, 0.2) is 24.3 Å². The van der Waals surface area contributed by atoms with Crippen molar-refractivity contribution in [3.8, 4) is 5.75 Å². The van der Waals surface area contributed by atoms with E-state index in [2.05, 4.69) is 4.74 Å². The molecule has 116 valence electrons.